The number of hydrogen-bond acceptors (Lipinski definition) is 7. The van der Waals surface area contributed by atoms with E-state index < -0.39 is 10.0 Å². The summed E-state index contributed by atoms with van der Waals surface area (Å²) in [5.74, 6) is -0.123. The summed E-state index contributed by atoms with van der Waals surface area (Å²) in [5.41, 5.74) is 1.49. The first-order chi connectivity index (χ1) is 15.5. The number of nitrogens with zero attached hydrogens (tertiary/aromatic N) is 4. The van der Waals surface area contributed by atoms with E-state index in [1.807, 2.05) is 21.7 Å². The van der Waals surface area contributed by atoms with Crippen molar-refractivity contribution in [2.24, 2.45) is 0 Å². The highest BCUT2D eigenvalue weighted by Gasteiger charge is 2.30. The summed E-state index contributed by atoms with van der Waals surface area (Å²) in [6.45, 7) is 3.65. The zero-order chi connectivity index (χ0) is 22.1. The first-order valence-electron chi connectivity index (χ1n) is 10.6. The van der Waals surface area contributed by atoms with Crippen molar-refractivity contribution in [3.8, 4) is 0 Å². The highest BCUT2D eigenvalue weighted by atomic mass is 32.2. The highest BCUT2D eigenvalue weighted by molar-refractivity contribution is 7.89. The van der Waals surface area contributed by atoms with Crippen molar-refractivity contribution in [3.63, 3.8) is 0 Å². The Morgan fingerprint density at radius 1 is 1.00 bits per heavy atom. The molecule has 0 atom stereocenters. The van der Waals surface area contributed by atoms with Crippen molar-refractivity contribution in [2.75, 3.05) is 37.6 Å². The second kappa shape index (κ2) is 8.93. The molecule has 3 aromatic rings. The molecule has 2 aliphatic rings. The van der Waals surface area contributed by atoms with Gasteiger partial charge in [-0.3, -0.25) is 4.79 Å². The number of carbonyl (C=O) groups excluding carboxylic acids is 1. The van der Waals surface area contributed by atoms with Crippen LogP contribution in [0.15, 0.2) is 52.2 Å². The summed E-state index contributed by atoms with van der Waals surface area (Å²) < 4.78 is 28.1. The minimum atomic E-state index is -3.66. The number of anilines is 1. The van der Waals surface area contributed by atoms with Gasteiger partial charge in [-0.15, -0.1) is 22.7 Å². The van der Waals surface area contributed by atoms with Crippen LogP contribution in [0.5, 0.6) is 0 Å². The van der Waals surface area contributed by atoms with Crippen molar-refractivity contribution in [2.45, 2.75) is 24.3 Å². The molecule has 5 rings (SSSR count). The first kappa shape index (κ1) is 21.6. The molecule has 0 unspecified atom stereocenters. The highest BCUT2D eigenvalue weighted by Crippen LogP contribution is 2.28. The quantitative estimate of drug-likeness (QED) is 0.563. The largest absolute Gasteiger partial charge is 0.346 e. The van der Waals surface area contributed by atoms with Gasteiger partial charge in [0, 0.05) is 61.3 Å². The van der Waals surface area contributed by atoms with Crippen molar-refractivity contribution < 1.29 is 13.2 Å². The lowest BCUT2D eigenvalue weighted by Crippen LogP contribution is -2.36. The molecule has 0 bridgehead atoms. The normalized spacial score (nSPS) is 17.8. The number of sulfonamides is 1. The van der Waals surface area contributed by atoms with Gasteiger partial charge in [0.15, 0.2) is 5.13 Å². The van der Waals surface area contributed by atoms with Gasteiger partial charge in [-0.2, -0.15) is 4.31 Å². The molecule has 0 spiro atoms. The van der Waals surface area contributed by atoms with E-state index in [0.29, 0.717) is 38.3 Å². The maximum absolute atomic E-state index is 13.3. The molecule has 1 saturated heterocycles. The number of amides is 1. The number of carbonyl (C=O) groups is 1. The van der Waals surface area contributed by atoms with E-state index in [2.05, 4.69) is 9.88 Å². The minimum Gasteiger partial charge on any atom is -0.346 e. The molecule has 4 heterocycles. The predicted molar refractivity (Wildman–Crippen MR) is 127 cm³/mol. The zero-order valence-electron chi connectivity index (χ0n) is 17.5. The summed E-state index contributed by atoms with van der Waals surface area (Å²) in [7, 11) is -3.66. The van der Waals surface area contributed by atoms with Crippen LogP contribution in [0, 0.1) is 0 Å². The van der Waals surface area contributed by atoms with E-state index in [1.54, 1.807) is 47.1 Å². The number of thiophene rings is 1. The number of hydrogen-bond donors (Lipinski definition) is 0. The van der Waals surface area contributed by atoms with Gasteiger partial charge in [-0.25, -0.2) is 13.4 Å². The SMILES string of the molecule is O=C(c1cccc(S(=O)(=O)N2CCc3sccc3C2)c1)N1CCCN(c2nccs2)CC1. The van der Waals surface area contributed by atoms with Crippen LogP contribution in [-0.2, 0) is 23.0 Å². The molecule has 0 saturated carbocycles. The van der Waals surface area contributed by atoms with Crippen LogP contribution in [0.1, 0.15) is 27.2 Å². The lowest BCUT2D eigenvalue weighted by molar-refractivity contribution is 0.0766. The fourth-order valence-corrected chi connectivity index (χ4v) is 7.28. The van der Waals surface area contributed by atoms with E-state index >= 15 is 0 Å². The van der Waals surface area contributed by atoms with Gasteiger partial charge in [0.05, 0.1) is 4.90 Å². The van der Waals surface area contributed by atoms with E-state index in [1.165, 1.54) is 15.2 Å². The summed E-state index contributed by atoms with van der Waals surface area (Å²) in [4.78, 5) is 23.1. The zero-order valence-corrected chi connectivity index (χ0v) is 20.0. The van der Waals surface area contributed by atoms with Crippen molar-refractivity contribution >= 4 is 43.7 Å². The van der Waals surface area contributed by atoms with Crippen LogP contribution in [0.2, 0.25) is 0 Å². The van der Waals surface area contributed by atoms with E-state index in [9.17, 15) is 13.2 Å². The molecule has 1 amide bonds. The summed E-state index contributed by atoms with van der Waals surface area (Å²) >= 11 is 3.28. The Morgan fingerprint density at radius 2 is 1.91 bits per heavy atom. The Labute approximate surface area is 196 Å². The molecule has 0 N–H and O–H groups in total. The van der Waals surface area contributed by atoms with Crippen LogP contribution >= 0.6 is 22.7 Å². The molecule has 1 fully saturated rings. The third-order valence-electron chi connectivity index (χ3n) is 5.96. The molecule has 2 aliphatic heterocycles. The van der Waals surface area contributed by atoms with Crippen LogP contribution in [0.4, 0.5) is 5.13 Å². The van der Waals surface area contributed by atoms with Gasteiger partial charge in [0.2, 0.25) is 10.0 Å². The van der Waals surface area contributed by atoms with E-state index in [0.717, 1.165) is 30.1 Å². The maximum Gasteiger partial charge on any atom is 0.253 e. The van der Waals surface area contributed by atoms with Gasteiger partial charge >= 0.3 is 0 Å². The minimum absolute atomic E-state index is 0.123. The predicted octanol–water partition coefficient (Wildman–Crippen LogP) is 3.30. The number of fused-ring (bicyclic) bond motifs is 1. The van der Waals surface area contributed by atoms with Gasteiger partial charge < -0.3 is 9.80 Å². The third kappa shape index (κ3) is 4.19. The summed E-state index contributed by atoms with van der Waals surface area (Å²) in [6.07, 6.45) is 3.37. The van der Waals surface area contributed by atoms with Gasteiger partial charge in [0.1, 0.15) is 0 Å². The average molecular weight is 489 g/mol. The Morgan fingerprint density at radius 3 is 2.75 bits per heavy atom. The topological polar surface area (TPSA) is 73.8 Å². The van der Waals surface area contributed by atoms with E-state index in [-0.39, 0.29) is 10.8 Å². The van der Waals surface area contributed by atoms with E-state index in [4.69, 9.17) is 0 Å². The van der Waals surface area contributed by atoms with Gasteiger partial charge in [0.25, 0.3) is 5.91 Å². The van der Waals surface area contributed by atoms with Crippen LogP contribution < -0.4 is 4.90 Å². The molecule has 1 aromatic carbocycles. The fraction of sp³-hybridized carbons (Fsp3) is 0.364. The third-order valence-corrected chi connectivity index (χ3v) is 9.66. The molecule has 0 aliphatic carbocycles. The van der Waals surface area contributed by atoms with Crippen molar-refractivity contribution in [1.82, 2.24) is 14.2 Å². The standard InChI is InChI=1S/C22H24N4O3S3/c27-21(24-8-2-9-25(12-11-24)22-23-7-14-31-22)17-3-1-4-19(15-17)32(28,29)26-10-5-20-18(16-26)6-13-30-20/h1,3-4,6-7,13-15H,2,5,8-12,16H2. The molecule has 0 radical (unpaired) electrons. The molecule has 7 nitrogen and oxygen atoms in total. The van der Waals surface area contributed by atoms with Gasteiger partial charge in [-0.1, -0.05) is 6.07 Å². The number of rotatable bonds is 4. The Hall–Kier alpha value is -2.27. The molecular formula is C22H24N4O3S3. The summed E-state index contributed by atoms with van der Waals surface area (Å²) in [5, 5.41) is 4.94. The monoisotopic (exact) mass is 488 g/mol. The molecule has 2 aromatic heterocycles. The van der Waals surface area contributed by atoms with Crippen LogP contribution in [0.25, 0.3) is 0 Å². The fourth-order valence-electron chi connectivity index (χ4n) is 4.23. The summed E-state index contributed by atoms with van der Waals surface area (Å²) in [6, 6.07) is 8.49. The van der Waals surface area contributed by atoms with Crippen molar-refractivity contribution in [3.05, 3.63) is 63.3 Å². The Balaban J connectivity index is 1.32. The molecule has 168 valence electrons. The maximum atomic E-state index is 13.3. The smallest absolute Gasteiger partial charge is 0.253 e. The molecular weight excluding hydrogens is 464 g/mol. The second-order valence-electron chi connectivity index (χ2n) is 7.93. The lowest BCUT2D eigenvalue weighted by atomic mass is 10.1. The van der Waals surface area contributed by atoms with Gasteiger partial charge in [-0.05, 0) is 48.1 Å². The molecule has 10 heteroatoms. The van der Waals surface area contributed by atoms with Crippen LogP contribution in [0.3, 0.4) is 0 Å². The van der Waals surface area contributed by atoms with Crippen LogP contribution in [-0.4, -0.2) is 61.2 Å². The second-order valence-corrected chi connectivity index (χ2v) is 11.7. The number of thiazole rings is 1. The number of benzene rings is 1. The Kier molecular flexibility index (Phi) is 6.02. The lowest BCUT2D eigenvalue weighted by Gasteiger charge is -2.26. The Bertz CT molecular complexity index is 1210. The first-order valence-corrected chi connectivity index (χ1v) is 13.8. The van der Waals surface area contributed by atoms with Crippen molar-refractivity contribution in [1.29, 1.82) is 0 Å². The molecule has 32 heavy (non-hydrogen) atoms. The number of aromatic nitrogens is 1. The average Bonchev–Trinajstić information content (AvgIpc) is 3.46.